The van der Waals surface area contributed by atoms with Crippen LogP contribution in [0.25, 0.3) is 4.13 Å². The van der Waals surface area contributed by atoms with Gasteiger partial charge in [-0.1, -0.05) is 0 Å². The molecule has 0 aromatic carbocycles. The van der Waals surface area contributed by atoms with Gasteiger partial charge in [0.2, 0.25) is 0 Å². The zero-order valence-corrected chi connectivity index (χ0v) is 58.1. The van der Waals surface area contributed by atoms with Gasteiger partial charge in [0.15, 0.2) is 20.0 Å². The van der Waals surface area contributed by atoms with Crippen LogP contribution >= 0.6 is 62.2 Å². The van der Waals surface area contributed by atoms with Crippen LogP contribution in [0, 0.1) is 107 Å². The molecule has 24 rings (SSSR count). The normalized spacial score (nSPS) is 51.6. The summed E-state index contributed by atoms with van der Waals surface area (Å²) < 4.78 is 109. The molecule has 24 bridgehead atoms. The zero-order valence-electron chi connectivity index (χ0n) is 49.2. The van der Waals surface area contributed by atoms with Crippen molar-refractivity contribution in [1.29, 1.82) is 0 Å². The van der Waals surface area contributed by atoms with Crippen LogP contribution in [0.2, 0.25) is 0 Å². The van der Waals surface area contributed by atoms with E-state index in [4.69, 9.17) is 46.4 Å². The van der Waals surface area contributed by atoms with E-state index >= 15 is 0 Å². The second-order valence-electron chi connectivity index (χ2n) is 34.1. The van der Waals surface area contributed by atoms with Gasteiger partial charge in [-0.2, -0.15) is 26.3 Å². The molecule has 0 spiro atoms. The maximum absolute atomic E-state index is 11.4. The summed E-state index contributed by atoms with van der Waals surface area (Å²) in [6.07, 6.45) is 61.4. The zero-order chi connectivity index (χ0) is 58.1. The average molecular weight is 1520 g/mol. The van der Waals surface area contributed by atoms with Crippen molar-refractivity contribution < 1.29 is 65.6 Å². The number of alkyl halides is 10. The first-order valence-corrected chi connectivity index (χ1v) is 41.6. The Morgan fingerprint density at radius 2 is 0.381 bits per heavy atom. The van der Waals surface area contributed by atoms with Crippen LogP contribution < -0.4 is 0 Å². The minimum atomic E-state index is -6.72. The number of halogens is 10. The summed E-state index contributed by atoms with van der Waals surface area (Å²) in [5, 5.41) is 5.87. The Balaban J connectivity index is 0.000000118. The molecule has 0 saturated heterocycles. The van der Waals surface area contributed by atoms with Crippen molar-refractivity contribution in [3.05, 3.63) is 4.13 Å². The van der Waals surface area contributed by atoms with Crippen LogP contribution in [0.1, 0.15) is 231 Å². The monoisotopic (exact) mass is 1520 g/mol. The third kappa shape index (κ3) is 11.6. The topological polar surface area (TPSA) is 82.4 Å². The van der Waals surface area contributed by atoms with Crippen molar-refractivity contribution in [1.82, 2.24) is 0 Å². The van der Waals surface area contributed by atoms with Crippen molar-refractivity contribution >= 4 is 82.3 Å². The van der Waals surface area contributed by atoms with E-state index in [1.165, 1.54) is 107 Å². The standard InChI is InChI=1S/2C30H45P.C2F6NO4S2.2CH2Cl2.Au/c2*1-19-2-21-3-20(1)11-28(10-19,12-21)31(29-13-22-4-23(14-29)6-24(5-22)15-29)30-16-25-7-26(17-30)9-27(8-25)18-30;3-1(4,5)14(10,11)9-15(12,13)2(6,7)8;2*2-1-3;/h2*19-27H,1-18H2;;2*1H2;/q;;-1;;;+1/p+2. The molecule has 0 heterocycles. The molecule has 0 amide bonds. The molecule has 24 saturated carbocycles. The van der Waals surface area contributed by atoms with E-state index in [0.717, 1.165) is 35.1 Å². The smallest absolute Gasteiger partial charge is 0.421 e. The number of nitrogens with zero attached hydrogens (tertiary/aromatic N) is 1. The first kappa shape index (κ1) is 64.9. The third-order valence-corrected chi connectivity index (χ3v) is 41.0. The largest absolute Gasteiger partial charge is 1.00 e. The van der Waals surface area contributed by atoms with Crippen molar-refractivity contribution in [2.75, 3.05) is 10.7 Å². The minimum Gasteiger partial charge on any atom is -0.421 e. The fourth-order valence-electron chi connectivity index (χ4n) is 30.1. The minimum absolute atomic E-state index is 0. The third-order valence-electron chi connectivity index (χ3n) is 28.2. The molecule has 0 unspecified atom stereocenters. The van der Waals surface area contributed by atoms with Crippen molar-refractivity contribution in [2.24, 2.45) is 107 Å². The molecule has 482 valence electrons. The maximum atomic E-state index is 11.4. The number of sulfonamides is 2. The van der Waals surface area contributed by atoms with Gasteiger partial charge in [-0.15, -0.1) is 46.4 Å². The Morgan fingerprint density at radius 1 is 0.286 bits per heavy atom. The second-order valence-corrected chi connectivity index (χ2v) is 47.0. The summed E-state index contributed by atoms with van der Waals surface area (Å²) in [5.41, 5.74) is -12.4. The Hall–Kier alpha value is 2.20. The maximum Gasteiger partial charge on any atom is 1.00 e. The Labute approximate surface area is 538 Å². The van der Waals surface area contributed by atoms with Crippen molar-refractivity contribution in [3.8, 4) is 0 Å². The van der Waals surface area contributed by atoms with Crippen molar-refractivity contribution in [3.63, 3.8) is 0 Å². The van der Waals surface area contributed by atoms with Gasteiger partial charge in [-0.25, -0.2) is 16.8 Å². The summed E-state index contributed by atoms with van der Waals surface area (Å²) in [5.74, 6) is 21.2. The van der Waals surface area contributed by atoms with E-state index < -0.39 is 31.1 Å². The summed E-state index contributed by atoms with van der Waals surface area (Å²) in [6.45, 7) is 0. The number of hydrogen-bond acceptors (Lipinski definition) is 4. The molecule has 0 aromatic heterocycles. The summed E-state index contributed by atoms with van der Waals surface area (Å²) >= 11 is 19.1. The van der Waals surface area contributed by atoms with Crippen molar-refractivity contribution in [2.45, 2.75) is 273 Å². The fraction of sp³-hybridized carbons (Fsp3) is 1.00. The van der Waals surface area contributed by atoms with Gasteiger partial charge >= 0.3 is 33.4 Å². The van der Waals surface area contributed by atoms with Crippen LogP contribution in [0.5, 0.6) is 0 Å². The summed E-state index contributed by atoms with van der Waals surface area (Å²) in [6, 6.07) is 0. The molecule has 0 N–H and O–H groups in total. The summed E-state index contributed by atoms with van der Waals surface area (Å²) in [4.78, 5) is 0. The molecule has 24 fully saturated rings. The van der Waals surface area contributed by atoms with Gasteiger partial charge in [-0.3, -0.25) is 0 Å². The van der Waals surface area contributed by atoms with Gasteiger partial charge in [0.05, 0.1) is 41.6 Å². The predicted octanol–water partition coefficient (Wildman–Crippen LogP) is 20.1. The molecule has 5 nitrogen and oxygen atoms in total. The van der Waals surface area contributed by atoms with E-state index in [1.807, 2.05) is 0 Å². The Kier molecular flexibility index (Phi) is 18.0. The first-order valence-electron chi connectivity index (χ1n) is 33.6. The number of hydrogen-bond donors (Lipinski definition) is 0. The van der Waals surface area contributed by atoms with E-state index in [-0.39, 0.29) is 48.9 Å². The molecule has 0 atom stereocenters. The van der Waals surface area contributed by atoms with Gasteiger partial charge < -0.3 is 4.13 Å². The van der Waals surface area contributed by atoms with Crippen LogP contribution in [0.4, 0.5) is 26.3 Å². The van der Waals surface area contributed by atoms with Gasteiger partial charge in [0.1, 0.15) is 0 Å². The summed E-state index contributed by atoms with van der Waals surface area (Å²) in [7, 11) is -14.1. The second kappa shape index (κ2) is 23.2. The van der Waals surface area contributed by atoms with Gasteiger partial charge in [0.25, 0.3) is 0 Å². The fourth-order valence-corrected chi connectivity index (χ4v) is 47.4. The molecular formula is C64H96AuCl4F6NO4P2S2+2. The molecule has 0 radical (unpaired) electrons. The van der Waals surface area contributed by atoms with Crippen LogP contribution in [0.15, 0.2) is 0 Å². The van der Waals surface area contributed by atoms with E-state index in [1.54, 1.807) is 231 Å². The predicted molar refractivity (Wildman–Crippen MR) is 329 cm³/mol. The number of rotatable bonds is 8. The average Bonchev–Trinajstić information content (AvgIpc) is 3.31. The quantitative estimate of drug-likeness (QED) is 0.105. The van der Waals surface area contributed by atoms with Gasteiger partial charge in [-0.05, 0) is 338 Å². The molecule has 24 aliphatic carbocycles. The van der Waals surface area contributed by atoms with Crippen LogP contribution in [0.3, 0.4) is 0 Å². The molecular weight excluding hydrogens is 1430 g/mol. The molecule has 84 heavy (non-hydrogen) atoms. The molecule has 0 aromatic rings. The Morgan fingerprint density at radius 3 is 0.464 bits per heavy atom. The Bertz CT molecular complexity index is 2070. The van der Waals surface area contributed by atoms with Crippen LogP contribution in [-0.4, -0.2) is 69.5 Å². The molecule has 0 aliphatic heterocycles. The van der Waals surface area contributed by atoms with E-state index in [9.17, 15) is 43.2 Å². The first-order chi connectivity index (χ1) is 39.2. The van der Waals surface area contributed by atoms with E-state index in [2.05, 4.69) is 0 Å². The van der Waals surface area contributed by atoms with Crippen LogP contribution in [-0.2, 0) is 42.4 Å². The van der Waals surface area contributed by atoms with E-state index in [0.29, 0.717) is 0 Å². The molecule has 24 aliphatic rings. The van der Waals surface area contributed by atoms with Gasteiger partial charge in [0, 0.05) is 15.8 Å². The molecule has 20 heteroatoms. The SMILES string of the molecule is C1C2CC3CC1CC([PH+](C14CC5CC(CC(C5)C1)C4)C14CC5CC(CC(C5)C1)C4)(C2)C3.C1C2CC3CC1CC([PH+](C14CC5CC(CC(C5)C1)C4)C14CC5CC(CC(C5)C1)C4)(C2)C3.ClCCl.ClCCl.O=S(=O)([N-]S(=O)(=O)C(F)(F)F)C(F)(F)F.[Au+].